The van der Waals surface area contributed by atoms with Crippen LogP contribution in [-0.2, 0) is 11.8 Å². The van der Waals surface area contributed by atoms with Crippen LogP contribution in [0, 0.1) is 5.82 Å². The average Bonchev–Trinajstić information content (AvgIpc) is 2.99. The number of aryl methyl sites for hydroxylation is 1. The molecule has 114 valence electrons. The number of hydrogen-bond acceptors (Lipinski definition) is 3. The number of fused-ring (bicyclic) bond motifs is 1. The Hall–Kier alpha value is -2.30. The number of aromatic nitrogens is 4. The first-order valence-corrected chi connectivity index (χ1v) is 7.40. The lowest BCUT2D eigenvalue weighted by Crippen LogP contribution is -2.12. The molecule has 0 saturated carbocycles. The molecule has 0 saturated heterocycles. The molecule has 1 aromatic carbocycles. The van der Waals surface area contributed by atoms with Crippen LogP contribution in [0.15, 0.2) is 24.5 Å². The largest absolute Gasteiger partial charge is 0.285 e. The van der Waals surface area contributed by atoms with Crippen LogP contribution in [0.25, 0.3) is 22.2 Å². The molecule has 3 aromatic rings. The lowest BCUT2D eigenvalue weighted by Gasteiger charge is -2.20. The van der Waals surface area contributed by atoms with Gasteiger partial charge < -0.3 is 0 Å². The van der Waals surface area contributed by atoms with Gasteiger partial charge in [-0.2, -0.15) is 5.10 Å². The van der Waals surface area contributed by atoms with Gasteiger partial charge in [-0.3, -0.25) is 5.10 Å². The van der Waals surface area contributed by atoms with Crippen LogP contribution in [0.4, 0.5) is 4.39 Å². The zero-order valence-electron chi connectivity index (χ0n) is 13.2. The number of nitrogens with zero attached hydrogens (tertiary/aromatic N) is 3. The molecule has 0 radical (unpaired) electrons. The molecule has 5 heteroatoms. The molecule has 22 heavy (non-hydrogen) atoms. The lowest BCUT2D eigenvalue weighted by molar-refractivity contribution is 0.576. The fourth-order valence-electron chi connectivity index (χ4n) is 2.43. The Kier molecular flexibility index (Phi) is 3.43. The van der Waals surface area contributed by atoms with Crippen molar-refractivity contribution in [2.75, 3.05) is 0 Å². The highest BCUT2D eigenvalue weighted by atomic mass is 19.1. The van der Waals surface area contributed by atoms with Gasteiger partial charge in [-0.25, -0.2) is 14.4 Å². The van der Waals surface area contributed by atoms with Crippen molar-refractivity contribution < 1.29 is 4.39 Å². The van der Waals surface area contributed by atoms with Gasteiger partial charge in [-0.1, -0.05) is 27.7 Å². The van der Waals surface area contributed by atoms with Crippen molar-refractivity contribution in [3.8, 4) is 11.3 Å². The summed E-state index contributed by atoms with van der Waals surface area (Å²) in [6, 6.07) is 3.56. The first-order chi connectivity index (χ1) is 10.4. The van der Waals surface area contributed by atoms with E-state index in [9.17, 15) is 4.39 Å². The number of nitrogens with one attached hydrogen (secondary N) is 1. The molecule has 3 rings (SSSR count). The minimum absolute atomic E-state index is 0.147. The van der Waals surface area contributed by atoms with Gasteiger partial charge in [0.25, 0.3) is 0 Å². The highest BCUT2D eigenvalue weighted by Crippen LogP contribution is 2.32. The van der Waals surface area contributed by atoms with E-state index in [2.05, 4.69) is 40.9 Å². The molecule has 2 aromatic heterocycles. The number of hydrogen-bond donors (Lipinski definition) is 1. The van der Waals surface area contributed by atoms with Crippen LogP contribution < -0.4 is 0 Å². The zero-order valence-corrected chi connectivity index (χ0v) is 13.2. The standard InChI is InChI=1S/C17H19FN4/c1-5-14-21-15(10-8-19-20-9-10)12-6-11(17(2,3)4)7-13(18)16(12)22-14/h6-9H,5H2,1-4H3,(H,19,20). The highest BCUT2D eigenvalue weighted by molar-refractivity contribution is 5.93. The number of aromatic amines is 1. The van der Waals surface area contributed by atoms with Crippen LogP contribution >= 0.6 is 0 Å². The summed E-state index contributed by atoms with van der Waals surface area (Å²) in [5, 5.41) is 7.49. The van der Waals surface area contributed by atoms with Gasteiger partial charge in [-0.15, -0.1) is 0 Å². The normalized spacial score (nSPS) is 12.0. The van der Waals surface area contributed by atoms with E-state index >= 15 is 0 Å². The summed E-state index contributed by atoms with van der Waals surface area (Å²) in [6.07, 6.45) is 4.12. The number of benzene rings is 1. The summed E-state index contributed by atoms with van der Waals surface area (Å²) >= 11 is 0. The van der Waals surface area contributed by atoms with Crippen molar-refractivity contribution in [2.24, 2.45) is 0 Å². The lowest BCUT2D eigenvalue weighted by atomic mass is 9.86. The van der Waals surface area contributed by atoms with Crippen molar-refractivity contribution >= 4 is 10.9 Å². The van der Waals surface area contributed by atoms with Crippen LogP contribution in [0.2, 0.25) is 0 Å². The predicted octanol–water partition coefficient (Wildman–Crippen LogP) is 4.02. The third-order valence-electron chi connectivity index (χ3n) is 3.75. The maximum Gasteiger partial charge on any atom is 0.149 e. The van der Waals surface area contributed by atoms with Crippen molar-refractivity contribution in [1.29, 1.82) is 0 Å². The maximum absolute atomic E-state index is 14.6. The molecule has 0 aliphatic rings. The summed E-state index contributed by atoms with van der Waals surface area (Å²) in [4.78, 5) is 8.96. The first kappa shape index (κ1) is 14.6. The van der Waals surface area contributed by atoms with Crippen LogP contribution in [0.1, 0.15) is 39.1 Å². The van der Waals surface area contributed by atoms with E-state index in [1.54, 1.807) is 18.5 Å². The van der Waals surface area contributed by atoms with Crippen molar-refractivity contribution in [2.45, 2.75) is 39.5 Å². The van der Waals surface area contributed by atoms with Crippen molar-refractivity contribution in [3.63, 3.8) is 0 Å². The van der Waals surface area contributed by atoms with E-state index in [4.69, 9.17) is 0 Å². The second-order valence-electron chi connectivity index (χ2n) is 6.43. The average molecular weight is 298 g/mol. The van der Waals surface area contributed by atoms with E-state index in [1.807, 2.05) is 13.0 Å². The number of rotatable bonds is 2. The Labute approximate surface area is 128 Å². The fraction of sp³-hybridized carbons (Fsp3) is 0.353. The Morgan fingerprint density at radius 2 is 1.95 bits per heavy atom. The van der Waals surface area contributed by atoms with E-state index in [0.717, 1.165) is 22.2 Å². The molecule has 0 spiro atoms. The van der Waals surface area contributed by atoms with Crippen LogP contribution in [-0.4, -0.2) is 20.2 Å². The summed E-state index contributed by atoms with van der Waals surface area (Å²) in [7, 11) is 0. The second-order valence-corrected chi connectivity index (χ2v) is 6.43. The van der Waals surface area contributed by atoms with Gasteiger partial charge in [0, 0.05) is 23.6 Å². The van der Waals surface area contributed by atoms with Crippen LogP contribution in [0.3, 0.4) is 0 Å². The van der Waals surface area contributed by atoms with Crippen LogP contribution in [0.5, 0.6) is 0 Å². The Morgan fingerprint density at radius 1 is 1.18 bits per heavy atom. The third-order valence-corrected chi connectivity index (χ3v) is 3.75. The van der Waals surface area contributed by atoms with Crippen molar-refractivity contribution in [1.82, 2.24) is 20.2 Å². The summed E-state index contributed by atoms with van der Waals surface area (Å²) in [5.41, 5.74) is 2.71. The Bertz CT molecular complexity index is 817. The summed E-state index contributed by atoms with van der Waals surface area (Å²) < 4.78 is 14.6. The summed E-state index contributed by atoms with van der Waals surface area (Å²) in [5.74, 6) is 0.329. The minimum Gasteiger partial charge on any atom is -0.285 e. The third kappa shape index (κ3) is 2.47. The quantitative estimate of drug-likeness (QED) is 0.777. The van der Waals surface area contributed by atoms with E-state index < -0.39 is 0 Å². The molecule has 0 amide bonds. The Balaban J connectivity index is 2.39. The van der Waals surface area contributed by atoms with E-state index in [-0.39, 0.29) is 11.2 Å². The fourth-order valence-corrected chi connectivity index (χ4v) is 2.43. The SMILES string of the molecule is CCc1nc(-c2cn[nH]c2)c2cc(C(C)(C)C)cc(F)c2n1. The molecule has 4 nitrogen and oxygen atoms in total. The van der Waals surface area contributed by atoms with Gasteiger partial charge >= 0.3 is 0 Å². The molecule has 0 aliphatic carbocycles. The monoisotopic (exact) mass is 298 g/mol. The topological polar surface area (TPSA) is 54.5 Å². The van der Waals surface area contributed by atoms with Gasteiger partial charge in [0.1, 0.15) is 17.2 Å². The molecule has 2 heterocycles. The van der Waals surface area contributed by atoms with Crippen molar-refractivity contribution in [3.05, 3.63) is 41.7 Å². The smallest absolute Gasteiger partial charge is 0.149 e. The minimum atomic E-state index is -0.302. The Morgan fingerprint density at radius 3 is 2.55 bits per heavy atom. The summed E-state index contributed by atoms with van der Waals surface area (Å²) in [6.45, 7) is 8.15. The molecular weight excluding hydrogens is 279 g/mol. The molecule has 0 bridgehead atoms. The maximum atomic E-state index is 14.6. The van der Waals surface area contributed by atoms with Gasteiger partial charge in [-0.05, 0) is 23.1 Å². The molecule has 0 unspecified atom stereocenters. The number of H-pyrrole nitrogens is 1. The van der Waals surface area contributed by atoms with E-state index in [1.165, 1.54) is 0 Å². The first-order valence-electron chi connectivity index (χ1n) is 7.40. The molecule has 0 atom stereocenters. The molecule has 1 N–H and O–H groups in total. The van der Waals surface area contributed by atoms with Gasteiger partial charge in [0.05, 0.1) is 11.9 Å². The number of halogens is 1. The second kappa shape index (κ2) is 5.16. The molecular formula is C17H19FN4. The molecule has 0 aliphatic heterocycles. The highest BCUT2D eigenvalue weighted by Gasteiger charge is 2.20. The van der Waals surface area contributed by atoms with Gasteiger partial charge in [0.2, 0.25) is 0 Å². The zero-order chi connectivity index (χ0) is 15.9. The molecule has 0 fully saturated rings. The van der Waals surface area contributed by atoms with Gasteiger partial charge in [0.15, 0.2) is 0 Å². The van der Waals surface area contributed by atoms with E-state index in [0.29, 0.717) is 17.8 Å². The predicted molar refractivity (Wildman–Crippen MR) is 85.2 cm³/mol.